The fraction of sp³-hybridized carbons (Fsp3) is 0.231. The lowest BCUT2D eigenvalue weighted by Gasteiger charge is -2.18. The fourth-order valence-corrected chi connectivity index (χ4v) is 5.60. The quantitative estimate of drug-likeness (QED) is 0.780. The molecule has 2 rings (SSSR count). The summed E-state index contributed by atoms with van der Waals surface area (Å²) in [6.45, 7) is 1.95. The number of sulfonamides is 1. The van der Waals surface area contributed by atoms with Crippen molar-refractivity contribution in [2.75, 3.05) is 12.8 Å². The van der Waals surface area contributed by atoms with Crippen molar-refractivity contribution in [2.45, 2.75) is 18.4 Å². The second-order valence-electron chi connectivity index (χ2n) is 4.58. The van der Waals surface area contributed by atoms with Crippen LogP contribution in [-0.4, -0.2) is 19.8 Å². The van der Waals surface area contributed by atoms with Gasteiger partial charge in [0.1, 0.15) is 0 Å². The molecular formula is C13H14BrClN2O2S2. The van der Waals surface area contributed by atoms with Crippen LogP contribution in [0.1, 0.15) is 10.4 Å². The molecule has 0 aliphatic carbocycles. The molecule has 0 saturated heterocycles. The highest BCUT2D eigenvalue weighted by molar-refractivity contribution is 9.11. The van der Waals surface area contributed by atoms with Crippen LogP contribution in [0.4, 0.5) is 5.69 Å². The molecule has 0 unspecified atom stereocenters. The number of benzene rings is 1. The van der Waals surface area contributed by atoms with Gasteiger partial charge in [-0.05, 0) is 52.7 Å². The van der Waals surface area contributed by atoms with Crippen molar-refractivity contribution in [2.24, 2.45) is 0 Å². The smallest absolute Gasteiger partial charge is 0.244 e. The van der Waals surface area contributed by atoms with E-state index in [-0.39, 0.29) is 6.54 Å². The average molecular weight is 410 g/mol. The van der Waals surface area contributed by atoms with Gasteiger partial charge in [0.05, 0.1) is 8.68 Å². The second-order valence-corrected chi connectivity index (χ2v) is 9.64. The summed E-state index contributed by atoms with van der Waals surface area (Å²) in [6, 6.07) is 6.65. The van der Waals surface area contributed by atoms with Crippen LogP contribution >= 0.6 is 38.9 Å². The predicted octanol–water partition coefficient (Wildman–Crippen LogP) is 3.88. The number of rotatable bonds is 4. The van der Waals surface area contributed by atoms with Crippen molar-refractivity contribution in [1.29, 1.82) is 0 Å². The summed E-state index contributed by atoms with van der Waals surface area (Å²) < 4.78 is 27.3. The molecule has 8 heteroatoms. The number of hydrogen-bond donors (Lipinski definition) is 1. The normalized spacial score (nSPS) is 12.0. The van der Waals surface area contributed by atoms with Gasteiger partial charge >= 0.3 is 0 Å². The third-order valence-corrected chi connectivity index (χ3v) is 6.97. The third kappa shape index (κ3) is 3.60. The van der Waals surface area contributed by atoms with E-state index in [4.69, 9.17) is 17.3 Å². The van der Waals surface area contributed by atoms with Crippen molar-refractivity contribution in [3.63, 3.8) is 0 Å². The van der Waals surface area contributed by atoms with E-state index in [1.807, 2.05) is 0 Å². The minimum atomic E-state index is -3.56. The monoisotopic (exact) mass is 408 g/mol. The maximum absolute atomic E-state index is 12.6. The molecule has 4 nitrogen and oxygen atoms in total. The van der Waals surface area contributed by atoms with E-state index in [2.05, 4.69) is 15.9 Å². The van der Waals surface area contributed by atoms with E-state index in [9.17, 15) is 8.42 Å². The molecule has 1 aromatic heterocycles. The number of halogens is 2. The van der Waals surface area contributed by atoms with Gasteiger partial charge in [-0.25, -0.2) is 8.42 Å². The first-order chi connectivity index (χ1) is 9.71. The van der Waals surface area contributed by atoms with Crippen LogP contribution in [-0.2, 0) is 16.6 Å². The lowest BCUT2D eigenvalue weighted by atomic mass is 10.2. The summed E-state index contributed by atoms with van der Waals surface area (Å²) in [7, 11) is -2.03. The molecular weight excluding hydrogens is 396 g/mol. The number of anilines is 1. The van der Waals surface area contributed by atoms with E-state index in [0.29, 0.717) is 21.2 Å². The number of aryl methyl sites for hydroxylation is 1. The van der Waals surface area contributed by atoms with Gasteiger partial charge in [0, 0.05) is 29.2 Å². The van der Waals surface area contributed by atoms with Crippen LogP contribution in [0.3, 0.4) is 0 Å². The van der Waals surface area contributed by atoms with Gasteiger partial charge in [0.15, 0.2) is 0 Å². The standard InChI is InChI=1S/C13H14BrClN2O2S2/c1-8-12(6-13(14)20-8)21(18,19)17(2)7-9-5-10(16)3-4-11(9)15/h3-6H,7,16H2,1-2H3. The Morgan fingerprint density at radius 2 is 2.05 bits per heavy atom. The Balaban J connectivity index is 2.33. The highest BCUT2D eigenvalue weighted by Crippen LogP contribution is 2.32. The van der Waals surface area contributed by atoms with Crippen molar-refractivity contribution in [3.8, 4) is 0 Å². The molecule has 114 valence electrons. The largest absolute Gasteiger partial charge is 0.399 e. The lowest BCUT2D eigenvalue weighted by molar-refractivity contribution is 0.467. The summed E-state index contributed by atoms with van der Waals surface area (Å²) >= 11 is 10.8. The highest BCUT2D eigenvalue weighted by Gasteiger charge is 2.25. The Morgan fingerprint density at radius 3 is 2.62 bits per heavy atom. The Kier molecular flexibility index (Phi) is 4.99. The van der Waals surface area contributed by atoms with Gasteiger partial charge < -0.3 is 5.73 Å². The van der Waals surface area contributed by atoms with Crippen LogP contribution in [0.15, 0.2) is 32.9 Å². The molecule has 0 fully saturated rings. The highest BCUT2D eigenvalue weighted by atomic mass is 79.9. The first-order valence-corrected chi connectivity index (χ1v) is 9.40. The SMILES string of the molecule is Cc1sc(Br)cc1S(=O)(=O)N(C)Cc1cc(N)ccc1Cl. The maximum Gasteiger partial charge on any atom is 0.244 e. The van der Waals surface area contributed by atoms with E-state index in [0.717, 1.165) is 8.66 Å². The van der Waals surface area contributed by atoms with Gasteiger partial charge in [-0.3, -0.25) is 0 Å². The number of nitrogens with two attached hydrogens (primary N) is 1. The zero-order valence-electron chi connectivity index (χ0n) is 11.4. The Bertz CT molecular complexity index is 774. The van der Waals surface area contributed by atoms with Gasteiger partial charge in [-0.15, -0.1) is 11.3 Å². The number of thiophene rings is 1. The molecule has 0 amide bonds. The molecule has 0 spiro atoms. The maximum atomic E-state index is 12.6. The summed E-state index contributed by atoms with van der Waals surface area (Å²) in [5.74, 6) is 0. The van der Waals surface area contributed by atoms with Crippen LogP contribution in [0.5, 0.6) is 0 Å². The molecule has 2 N–H and O–H groups in total. The molecule has 1 heterocycles. The topological polar surface area (TPSA) is 63.4 Å². The molecule has 0 aliphatic heterocycles. The summed E-state index contributed by atoms with van der Waals surface area (Å²) in [4.78, 5) is 1.05. The molecule has 0 saturated carbocycles. The van der Waals surface area contributed by atoms with E-state index >= 15 is 0 Å². The lowest BCUT2D eigenvalue weighted by Crippen LogP contribution is -2.26. The van der Waals surface area contributed by atoms with Crippen LogP contribution < -0.4 is 5.73 Å². The molecule has 21 heavy (non-hydrogen) atoms. The molecule has 0 radical (unpaired) electrons. The second kappa shape index (κ2) is 6.26. The Morgan fingerprint density at radius 1 is 1.38 bits per heavy atom. The van der Waals surface area contributed by atoms with Crippen molar-refractivity contribution >= 4 is 54.6 Å². The van der Waals surface area contributed by atoms with Crippen molar-refractivity contribution in [1.82, 2.24) is 4.31 Å². The first-order valence-electron chi connectivity index (χ1n) is 5.98. The summed E-state index contributed by atoms with van der Waals surface area (Å²) in [5.41, 5.74) is 6.95. The summed E-state index contributed by atoms with van der Waals surface area (Å²) in [5, 5.41) is 0.495. The molecule has 0 bridgehead atoms. The van der Waals surface area contributed by atoms with Crippen LogP contribution in [0.2, 0.25) is 5.02 Å². The van der Waals surface area contributed by atoms with Crippen LogP contribution in [0.25, 0.3) is 0 Å². The minimum absolute atomic E-state index is 0.166. The molecule has 0 atom stereocenters. The molecule has 2 aromatic rings. The van der Waals surface area contributed by atoms with Crippen molar-refractivity contribution in [3.05, 3.63) is 43.5 Å². The van der Waals surface area contributed by atoms with E-state index in [1.54, 1.807) is 31.2 Å². The Hall–Kier alpha value is -0.600. The predicted molar refractivity (Wildman–Crippen MR) is 91.3 cm³/mol. The fourth-order valence-electron chi connectivity index (χ4n) is 1.90. The zero-order valence-corrected chi connectivity index (χ0v) is 15.4. The minimum Gasteiger partial charge on any atom is -0.399 e. The van der Waals surface area contributed by atoms with Gasteiger partial charge in [-0.1, -0.05) is 11.6 Å². The summed E-state index contributed by atoms with van der Waals surface area (Å²) in [6.07, 6.45) is 0. The first kappa shape index (κ1) is 16.8. The number of nitrogens with zero attached hydrogens (tertiary/aromatic N) is 1. The van der Waals surface area contributed by atoms with Crippen molar-refractivity contribution < 1.29 is 8.42 Å². The third-order valence-electron chi connectivity index (χ3n) is 2.99. The Labute approximate surface area is 141 Å². The zero-order chi connectivity index (χ0) is 15.8. The van der Waals surface area contributed by atoms with Gasteiger partial charge in [0.25, 0.3) is 0 Å². The van der Waals surface area contributed by atoms with Gasteiger partial charge in [-0.2, -0.15) is 4.31 Å². The number of nitrogen functional groups attached to an aromatic ring is 1. The van der Waals surface area contributed by atoms with Crippen LogP contribution in [0, 0.1) is 6.92 Å². The van der Waals surface area contributed by atoms with E-state index < -0.39 is 10.0 Å². The molecule has 1 aromatic carbocycles. The van der Waals surface area contributed by atoms with Gasteiger partial charge in [0.2, 0.25) is 10.0 Å². The molecule has 0 aliphatic rings. The average Bonchev–Trinajstić information content (AvgIpc) is 2.73. The number of hydrogen-bond acceptors (Lipinski definition) is 4. The van der Waals surface area contributed by atoms with E-state index in [1.165, 1.54) is 22.7 Å².